The van der Waals surface area contributed by atoms with E-state index in [0.29, 0.717) is 17.2 Å². The SMILES string of the molecule is C[C@@H]1CN([C@@H](C)CO)C(=O)c2cc(NC(=O)Nc3ccc(C(F)(F)F)cc3)ccc2O[C@H]1CN(C)C(=O)Nc1ccc2c(c1)OCO2. The molecule has 5 rings (SSSR count). The van der Waals surface area contributed by atoms with Crippen molar-refractivity contribution in [3.63, 3.8) is 0 Å². The van der Waals surface area contributed by atoms with Gasteiger partial charge in [0.25, 0.3) is 5.91 Å². The number of hydrogen-bond acceptors (Lipinski definition) is 7. The van der Waals surface area contributed by atoms with Gasteiger partial charge in [0, 0.05) is 42.6 Å². The number of nitrogens with one attached hydrogen (secondary N) is 3. The zero-order valence-electron chi connectivity index (χ0n) is 25.8. The van der Waals surface area contributed by atoms with Crippen LogP contribution in [0.25, 0.3) is 0 Å². The van der Waals surface area contributed by atoms with E-state index in [4.69, 9.17) is 14.2 Å². The van der Waals surface area contributed by atoms with Crippen LogP contribution < -0.4 is 30.2 Å². The highest BCUT2D eigenvalue weighted by Crippen LogP contribution is 2.35. The Morgan fingerprint density at radius 2 is 1.57 bits per heavy atom. The largest absolute Gasteiger partial charge is 0.487 e. The van der Waals surface area contributed by atoms with Crippen molar-refractivity contribution in [3.8, 4) is 17.2 Å². The molecule has 3 aromatic carbocycles. The molecule has 2 heterocycles. The quantitative estimate of drug-likeness (QED) is 0.264. The molecular weight excluding hydrogens is 623 g/mol. The first-order valence-corrected chi connectivity index (χ1v) is 14.7. The lowest BCUT2D eigenvalue weighted by molar-refractivity contribution is -0.137. The second kappa shape index (κ2) is 13.7. The number of aliphatic hydroxyl groups excluding tert-OH is 1. The summed E-state index contributed by atoms with van der Waals surface area (Å²) in [7, 11) is 1.61. The molecule has 0 aromatic heterocycles. The Hall–Kier alpha value is -5.18. The second-order valence-corrected chi connectivity index (χ2v) is 11.4. The van der Waals surface area contributed by atoms with Gasteiger partial charge in [0.1, 0.15) is 11.9 Å². The summed E-state index contributed by atoms with van der Waals surface area (Å²) in [6.07, 6.45) is -5.09. The lowest BCUT2D eigenvalue weighted by Gasteiger charge is -2.38. The molecule has 0 saturated carbocycles. The van der Waals surface area contributed by atoms with E-state index in [1.54, 1.807) is 32.2 Å². The molecule has 5 amide bonds. The normalized spacial score (nSPS) is 17.9. The molecule has 2 aliphatic heterocycles. The van der Waals surface area contributed by atoms with Gasteiger partial charge in [0.2, 0.25) is 6.79 Å². The second-order valence-electron chi connectivity index (χ2n) is 11.4. The van der Waals surface area contributed by atoms with Gasteiger partial charge < -0.3 is 45.1 Å². The fourth-order valence-electron chi connectivity index (χ4n) is 5.10. The third-order valence-electron chi connectivity index (χ3n) is 7.82. The minimum Gasteiger partial charge on any atom is -0.487 e. The Labute approximate surface area is 268 Å². The van der Waals surface area contributed by atoms with E-state index in [-0.39, 0.29) is 55.1 Å². The molecule has 3 atom stereocenters. The number of carbonyl (C=O) groups excluding carboxylic acids is 3. The number of halogens is 3. The Morgan fingerprint density at radius 3 is 2.26 bits per heavy atom. The number of ether oxygens (including phenoxy) is 3. The summed E-state index contributed by atoms with van der Waals surface area (Å²) in [5.41, 5.74) is 0.121. The van der Waals surface area contributed by atoms with Crippen LogP contribution in [-0.4, -0.2) is 78.6 Å². The average Bonchev–Trinajstić information content (AvgIpc) is 3.50. The van der Waals surface area contributed by atoms with Crippen molar-refractivity contribution in [2.24, 2.45) is 5.92 Å². The van der Waals surface area contributed by atoms with Gasteiger partial charge in [-0.25, -0.2) is 9.59 Å². The van der Waals surface area contributed by atoms with Gasteiger partial charge in [-0.15, -0.1) is 0 Å². The van der Waals surface area contributed by atoms with Crippen LogP contribution in [0.2, 0.25) is 0 Å². The van der Waals surface area contributed by atoms with Gasteiger partial charge in [-0.2, -0.15) is 13.2 Å². The fraction of sp³-hybridized carbons (Fsp3) is 0.344. The van der Waals surface area contributed by atoms with Crippen LogP contribution in [-0.2, 0) is 6.18 Å². The smallest absolute Gasteiger partial charge is 0.416 e. The third-order valence-corrected chi connectivity index (χ3v) is 7.82. The van der Waals surface area contributed by atoms with Crippen LogP contribution >= 0.6 is 0 Å². The molecule has 12 nitrogen and oxygen atoms in total. The van der Waals surface area contributed by atoms with E-state index in [0.717, 1.165) is 24.3 Å². The van der Waals surface area contributed by atoms with Crippen molar-refractivity contribution in [2.75, 3.05) is 49.5 Å². The van der Waals surface area contributed by atoms with Crippen LogP contribution in [0.15, 0.2) is 60.7 Å². The first-order valence-electron chi connectivity index (χ1n) is 14.7. The van der Waals surface area contributed by atoms with E-state index in [9.17, 15) is 32.7 Å². The standard InChI is InChI=1S/C32H34F3N5O7/c1-18-14-40(19(2)16-41)29(42)24-12-22(37-30(43)36-21-6-4-20(5-7-21)32(33,34)35)8-10-25(24)47-28(18)15-39(3)31(44)38-23-9-11-26-27(13-23)46-17-45-26/h4-13,18-19,28,41H,14-17H2,1-3H3,(H,38,44)(H2,36,37,43)/t18-,19+,28+/m1/s1. The first kappa shape index (κ1) is 33.2. The predicted molar refractivity (Wildman–Crippen MR) is 166 cm³/mol. The number of anilines is 3. The Morgan fingerprint density at radius 1 is 0.957 bits per heavy atom. The first-order chi connectivity index (χ1) is 22.3. The number of fused-ring (bicyclic) bond motifs is 2. The average molecular weight is 658 g/mol. The number of likely N-dealkylation sites (N-methyl/N-ethyl adjacent to an activating group) is 1. The molecule has 0 spiro atoms. The molecule has 2 aliphatic rings. The van der Waals surface area contributed by atoms with Crippen molar-refractivity contribution in [1.29, 1.82) is 0 Å². The number of benzene rings is 3. The van der Waals surface area contributed by atoms with E-state index in [1.807, 2.05) is 6.92 Å². The molecule has 4 N–H and O–H groups in total. The van der Waals surface area contributed by atoms with Gasteiger partial charge in [-0.1, -0.05) is 6.92 Å². The zero-order chi connectivity index (χ0) is 33.9. The summed E-state index contributed by atoms with van der Waals surface area (Å²) in [5, 5.41) is 17.8. The maximum Gasteiger partial charge on any atom is 0.416 e. The number of aliphatic hydroxyl groups is 1. The van der Waals surface area contributed by atoms with Gasteiger partial charge in [-0.3, -0.25) is 4.79 Å². The predicted octanol–water partition coefficient (Wildman–Crippen LogP) is 5.46. The number of alkyl halides is 3. The summed E-state index contributed by atoms with van der Waals surface area (Å²) in [6.45, 7) is 3.73. The lowest BCUT2D eigenvalue weighted by atomic mass is 9.99. The summed E-state index contributed by atoms with van der Waals surface area (Å²) in [6, 6.07) is 11.8. The van der Waals surface area contributed by atoms with Gasteiger partial charge >= 0.3 is 18.2 Å². The molecule has 250 valence electrons. The highest BCUT2D eigenvalue weighted by Gasteiger charge is 2.34. The highest BCUT2D eigenvalue weighted by atomic mass is 19.4. The molecule has 0 bridgehead atoms. The monoisotopic (exact) mass is 657 g/mol. The summed E-state index contributed by atoms with van der Waals surface area (Å²) in [4.78, 5) is 42.4. The van der Waals surface area contributed by atoms with E-state index in [2.05, 4.69) is 16.0 Å². The summed E-state index contributed by atoms with van der Waals surface area (Å²) in [5.74, 6) is 0.607. The number of rotatable bonds is 7. The van der Waals surface area contributed by atoms with Crippen LogP contribution in [0.1, 0.15) is 29.8 Å². The van der Waals surface area contributed by atoms with Crippen LogP contribution in [0.3, 0.4) is 0 Å². The maximum atomic E-state index is 13.7. The molecule has 47 heavy (non-hydrogen) atoms. The molecule has 0 radical (unpaired) electrons. The number of carbonyl (C=O) groups is 3. The lowest BCUT2D eigenvalue weighted by Crippen LogP contribution is -2.50. The third kappa shape index (κ3) is 7.80. The maximum absolute atomic E-state index is 13.7. The van der Waals surface area contributed by atoms with Gasteiger partial charge in [-0.05, 0) is 61.5 Å². The number of hydrogen-bond donors (Lipinski definition) is 4. The number of nitrogens with zero attached hydrogens (tertiary/aromatic N) is 2. The summed E-state index contributed by atoms with van der Waals surface area (Å²) >= 11 is 0. The van der Waals surface area contributed by atoms with Crippen LogP contribution in [0, 0.1) is 5.92 Å². The van der Waals surface area contributed by atoms with E-state index >= 15 is 0 Å². The Kier molecular flexibility index (Phi) is 9.65. The Balaban J connectivity index is 1.31. The molecule has 15 heteroatoms. The van der Waals surface area contributed by atoms with Crippen molar-refractivity contribution in [1.82, 2.24) is 9.80 Å². The number of urea groups is 2. The molecule has 0 fully saturated rings. The summed E-state index contributed by atoms with van der Waals surface area (Å²) < 4.78 is 55.6. The van der Waals surface area contributed by atoms with E-state index in [1.165, 1.54) is 28.0 Å². The zero-order valence-corrected chi connectivity index (χ0v) is 25.8. The Bertz CT molecular complexity index is 1640. The van der Waals surface area contributed by atoms with Crippen molar-refractivity contribution >= 4 is 35.0 Å². The van der Waals surface area contributed by atoms with Gasteiger partial charge in [0.15, 0.2) is 11.5 Å². The molecule has 0 aliphatic carbocycles. The minimum atomic E-state index is -4.51. The van der Waals surface area contributed by atoms with Crippen molar-refractivity contribution < 1.29 is 46.9 Å². The molecular formula is C32H34F3N5O7. The molecule has 0 unspecified atom stereocenters. The molecule has 3 aromatic rings. The highest BCUT2D eigenvalue weighted by molar-refractivity contribution is 6.02. The van der Waals surface area contributed by atoms with Crippen molar-refractivity contribution in [3.05, 3.63) is 71.8 Å². The van der Waals surface area contributed by atoms with Gasteiger partial charge in [0.05, 0.1) is 30.3 Å². The molecule has 0 saturated heterocycles. The fourth-order valence-corrected chi connectivity index (χ4v) is 5.10. The van der Waals surface area contributed by atoms with E-state index < -0.39 is 41.9 Å². The van der Waals surface area contributed by atoms with Crippen LogP contribution in [0.5, 0.6) is 17.2 Å². The van der Waals surface area contributed by atoms with Crippen LogP contribution in [0.4, 0.5) is 39.8 Å². The topological polar surface area (TPSA) is 142 Å². The number of amides is 5. The minimum absolute atomic E-state index is 0.104. The van der Waals surface area contributed by atoms with Crippen molar-refractivity contribution in [2.45, 2.75) is 32.2 Å².